The van der Waals surface area contributed by atoms with E-state index in [-0.39, 0.29) is 18.5 Å². The third-order valence-corrected chi connectivity index (χ3v) is 3.04. The molecular weight excluding hydrogens is 198 g/mol. The molecule has 78 valence electrons. The minimum atomic E-state index is 0.0222. The van der Waals surface area contributed by atoms with Crippen molar-refractivity contribution in [3.63, 3.8) is 0 Å². The van der Waals surface area contributed by atoms with Gasteiger partial charge in [0.25, 0.3) is 0 Å². The van der Waals surface area contributed by atoms with Crippen LogP contribution in [0.5, 0.6) is 0 Å². The lowest BCUT2D eigenvalue weighted by Gasteiger charge is -2.09. The second-order valence-corrected chi connectivity index (χ2v) is 4.66. The fourth-order valence-electron chi connectivity index (χ4n) is 1.06. The lowest BCUT2D eigenvalue weighted by atomic mass is 10.2. The van der Waals surface area contributed by atoms with Crippen LogP contribution in [-0.4, -0.2) is 27.1 Å². The molecule has 0 spiro atoms. The van der Waals surface area contributed by atoms with Crippen LogP contribution in [0, 0.1) is 6.92 Å². The van der Waals surface area contributed by atoms with E-state index in [0.29, 0.717) is 0 Å². The quantitative estimate of drug-likeness (QED) is 0.741. The van der Waals surface area contributed by atoms with Gasteiger partial charge in [-0.25, -0.2) is 4.98 Å². The van der Waals surface area contributed by atoms with Gasteiger partial charge in [-0.05, 0) is 24.1 Å². The molecule has 0 amide bonds. The maximum absolute atomic E-state index is 8.90. The van der Waals surface area contributed by atoms with Crippen molar-refractivity contribution in [2.75, 3.05) is 6.61 Å². The van der Waals surface area contributed by atoms with E-state index in [1.807, 2.05) is 19.9 Å². The number of aryl methyl sites for hydroxylation is 1. The topological polar surface area (TPSA) is 53.4 Å². The first kappa shape index (κ1) is 11.5. The van der Waals surface area contributed by atoms with E-state index in [4.69, 9.17) is 10.2 Å². The highest BCUT2D eigenvalue weighted by atomic mass is 32.2. The van der Waals surface area contributed by atoms with Crippen molar-refractivity contribution in [3.8, 4) is 0 Å². The van der Waals surface area contributed by atoms with Crippen LogP contribution in [-0.2, 0) is 6.61 Å². The van der Waals surface area contributed by atoms with Crippen LogP contribution in [0.3, 0.4) is 0 Å². The van der Waals surface area contributed by atoms with E-state index in [9.17, 15) is 0 Å². The van der Waals surface area contributed by atoms with Crippen molar-refractivity contribution in [2.24, 2.45) is 0 Å². The molecule has 0 aromatic carbocycles. The Morgan fingerprint density at radius 2 is 2.21 bits per heavy atom. The van der Waals surface area contributed by atoms with Crippen molar-refractivity contribution in [1.29, 1.82) is 0 Å². The first-order valence-corrected chi connectivity index (χ1v) is 5.39. The molecule has 1 heterocycles. The van der Waals surface area contributed by atoms with Crippen molar-refractivity contribution in [3.05, 3.63) is 23.4 Å². The molecule has 0 aliphatic carbocycles. The number of thioether (sulfide) groups is 1. The standard InChI is InChI=1S/C10H15NO2S/c1-7-3-9(6-13)4-11-10(7)14-8(2)5-12/h3-4,8,12-13H,5-6H2,1-2H3. The van der Waals surface area contributed by atoms with Gasteiger partial charge in [0, 0.05) is 11.4 Å². The Balaban J connectivity index is 2.78. The molecule has 0 aliphatic heterocycles. The molecule has 0 bridgehead atoms. The minimum Gasteiger partial charge on any atom is -0.395 e. The molecule has 4 heteroatoms. The maximum atomic E-state index is 8.90. The zero-order valence-corrected chi connectivity index (χ0v) is 9.21. The van der Waals surface area contributed by atoms with E-state index >= 15 is 0 Å². The summed E-state index contributed by atoms with van der Waals surface area (Å²) in [7, 11) is 0. The Morgan fingerprint density at radius 3 is 2.71 bits per heavy atom. The van der Waals surface area contributed by atoms with E-state index in [1.165, 1.54) is 0 Å². The Kier molecular flexibility index (Phi) is 4.38. The van der Waals surface area contributed by atoms with Gasteiger partial charge in [0.15, 0.2) is 0 Å². The molecule has 1 unspecified atom stereocenters. The molecule has 3 nitrogen and oxygen atoms in total. The van der Waals surface area contributed by atoms with E-state index in [2.05, 4.69) is 4.98 Å². The van der Waals surface area contributed by atoms with Crippen molar-refractivity contribution >= 4 is 11.8 Å². The van der Waals surface area contributed by atoms with Gasteiger partial charge in [-0.15, -0.1) is 11.8 Å². The summed E-state index contributed by atoms with van der Waals surface area (Å²) in [4.78, 5) is 4.23. The van der Waals surface area contributed by atoms with Gasteiger partial charge >= 0.3 is 0 Å². The predicted molar refractivity (Wildman–Crippen MR) is 57.3 cm³/mol. The van der Waals surface area contributed by atoms with Gasteiger partial charge < -0.3 is 10.2 Å². The summed E-state index contributed by atoms with van der Waals surface area (Å²) < 4.78 is 0. The lowest BCUT2D eigenvalue weighted by molar-refractivity contribution is 0.281. The number of hydrogen-bond donors (Lipinski definition) is 2. The molecule has 1 atom stereocenters. The SMILES string of the molecule is Cc1cc(CO)cnc1SC(C)CO. The molecule has 0 saturated heterocycles. The fraction of sp³-hybridized carbons (Fsp3) is 0.500. The first-order valence-electron chi connectivity index (χ1n) is 4.51. The van der Waals surface area contributed by atoms with Crippen LogP contribution in [0.1, 0.15) is 18.1 Å². The molecule has 0 fully saturated rings. The third kappa shape index (κ3) is 2.97. The molecular formula is C10H15NO2S. The summed E-state index contributed by atoms with van der Waals surface area (Å²) in [6.07, 6.45) is 1.67. The summed E-state index contributed by atoms with van der Waals surface area (Å²) in [6, 6.07) is 1.92. The van der Waals surface area contributed by atoms with Crippen LogP contribution in [0.25, 0.3) is 0 Å². The Morgan fingerprint density at radius 1 is 1.50 bits per heavy atom. The number of aliphatic hydroxyl groups excluding tert-OH is 2. The van der Waals surface area contributed by atoms with Gasteiger partial charge in [-0.2, -0.15) is 0 Å². The number of aliphatic hydroxyl groups is 2. The van der Waals surface area contributed by atoms with Crippen LogP contribution in [0.4, 0.5) is 0 Å². The predicted octanol–water partition coefficient (Wildman–Crippen LogP) is 1.36. The number of pyridine rings is 1. The average molecular weight is 213 g/mol. The largest absolute Gasteiger partial charge is 0.395 e. The smallest absolute Gasteiger partial charge is 0.0992 e. The van der Waals surface area contributed by atoms with Gasteiger partial charge in [-0.1, -0.05) is 6.92 Å². The summed E-state index contributed by atoms with van der Waals surface area (Å²) in [5, 5.41) is 18.9. The van der Waals surface area contributed by atoms with Gasteiger partial charge in [0.1, 0.15) is 0 Å². The van der Waals surface area contributed by atoms with Crippen LogP contribution >= 0.6 is 11.8 Å². The highest BCUT2D eigenvalue weighted by molar-refractivity contribution is 7.99. The summed E-state index contributed by atoms with van der Waals surface area (Å²) in [5.74, 6) is 0. The molecule has 0 radical (unpaired) electrons. The monoisotopic (exact) mass is 213 g/mol. The average Bonchev–Trinajstić information content (AvgIpc) is 2.20. The fourth-order valence-corrected chi connectivity index (χ4v) is 1.87. The summed E-state index contributed by atoms with van der Waals surface area (Å²) in [6.45, 7) is 4.08. The summed E-state index contributed by atoms with van der Waals surface area (Å²) in [5.41, 5.74) is 1.87. The van der Waals surface area contributed by atoms with Crippen molar-refractivity contribution < 1.29 is 10.2 Å². The van der Waals surface area contributed by atoms with Gasteiger partial charge in [0.2, 0.25) is 0 Å². The highest BCUT2D eigenvalue weighted by Crippen LogP contribution is 2.24. The maximum Gasteiger partial charge on any atom is 0.0992 e. The number of hydrogen-bond acceptors (Lipinski definition) is 4. The number of nitrogens with zero attached hydrogens (tertiary/aromatic N) is 1. The third-order valence-electron chi connectivity index (χ3n) is 1.84. The van der Waals surface area contributed by atoms with Crippen LogP contribution in [0.15, 0.2) is 17.3 Å². The van der Waals surface area contributed by atoms with Crippen LogP contribution in [0.2, 0.25) is 0 Å². The molecule has 14 heavy (non-hydrogen) atoms. The van der Waals surface area contributed by atoms with Gasteiger partial charge in [-0.3, -0.25) is 0 Å². The van der Waals surface area contributed by atoms with E-state index in [0.717, 1.165) is 16.2 Å². The zero-order valence-electron chi connectivity index (χ0n) is 8.40. The minimum absolute atomic E-state index is 0.0222. The molecule has 0 aliphatic rings. The van der Waals surface area contributed by atoms with Crippen molar-refractivity contribution in [2.45, 2.75) is 30.7 Å². The highest BCUT2D eigenvalue weighted by Gasteiger charge is 2.07. The molecule has 2 N–H and O–H groups in total. The second-order valence-electron chi connectivity index (χ2n) is 3.23. The number of rotatable bonds is 4. The molecule has 1 aromatic rings. The molecule has 1 aromatic heterocycles. The Labute approximate surface area is 88.2 Å². The van der Waals surface area contributed by atoms with Crippen LogP contribution < -0.4 is 0 Å². The second kappa shape index (κ2) is 5.34. The van der Waals surface area contributed by atoms with E-state index < -0.39 is 0 Å². The summed E-state index contributed by atoms with van der Waals surface area (Å²) >= 11 is 1.55. The Bertz CT molecular complexity index is 304. The lowest BCUT2D eigenvalue weighted by Crippen LogP contribution is -2.03. The Hall–Kier alpha value is -0.580. The van der Waals surface area contributed by atoms with E-state index in [1.54, 1.807) is 18.0 Å². The van der Waals surface area contributed by atoms with Gasteiger partial charge in [0.05, 0.1) is 18.2 Å². The first-order chi connectivity index (χ1) is 6.67. The zero-order chi connectivity index (χ0) is 10.6. The molecule has 0 saturated carbocycles. The number of aromatic nitrogens is 1. The van der Waals surface area contributed by atoms with Crippen molar-refractivity contribution in [1.82, 2.24) is 4.98 Å². The normalized spacial score (nSPS) is 12.9. The molecule has 1 rings (SSSR count).